The molecule has 2 aliphatic heterocycles. The molecule has 0 spiro atoms. The van der Waals surface area contributed by atoms with Crippen molar-refractivity contribution in [2.45, 2.75) is 30.4 Å². The van der Waals surface area contributed by atoms with Crippen LogP contribution in [0.25, 0.3) is 0 Å². The maximum Gasteiger partial charge on any atom is 0.414 e. The predicted octanol–water partition coefficient (Wildman–Crippen LogP) is 2.83. The molecule has 0 aromatic heterocycles. The molecule has 1 fully saturated rings. The molecule has 2 aromatic carbocycles. The highest BCUT2D eigenvalue weighted by Gasteiger charge is 2.37. The fourth-order valence-corrected chi connectivity index (χ4v) is 5.34. The first-order valence-electron chi connectivity index (χ1n) is 9.36. The molecule has 0 aliphatic carbocycles. The van der Waals surface area contributed by atoms with Crippen molar-refractivity contribution in [2.24, 2.45) is 0 Å². The van der Waals surface area contributed by atoms with E-state index >= 15 is 0 Å². The second-order valence-electron chi connectivity index (χ2n) is 7.14. The van der Waals surface area contributed by atoms with Crippen LogP contribution in [0.1, 0.15) is 28.8 Å². The van der Waals surface area contributed by atoms with Crippen molar-refractivity contribution in [3.63, 3.8) is 0 Å². The molecule has 0 unspecified atom stereocenters. The Kier molecular flexibility index (Phi) is 5.20. The third kappa shape index (κ3) is 3.52. The number of carbonyl (C=O) groups is 2. The zero-order valence-electron chi connectivity index (χ0n) is 15.8. The number of sulfonamides is 1. The van der Waals surface area contributed by atoms with Gasteiger partial charge in [0, 0.05) is 24.7 Å². The summed E-state index contributed by atoms with van der Waals surface area (Å²) in [6.45, 7) is 0.479. The zero-order valence-corrected chi connectivity index (χ0v) is 16.6. The number of rotatable bonds is 4. The van der Waals surface area contributed by atoms with Gasteiger partial charge in [0.15, 0.2) is 0 Å². The van der Waals surface area contributed by atoms with Crippen molar-refractivity contribution in [2.75, 3.05) is 18.0 Å². The number of hydrogen-bond acceptors (Lipinski definition) is 5. The van der Waals surface area contributed by atoms with Crippen molar-refractivity contribution >= 4 is 27.8 Å². The van der Waals surface area contributed by atoms with Crippen LogP contribution in [0.15, 0.2) is 47.4 Å². The zero-order chi connectivity index (χ0) is 21.5. The molecule has 4 rings (SSSR count). The van der Waals surface area contributed by atoms with Crippen molar-refractivity contribution in [3.05, 3.63) is 59.4 Å². The Hall–Kier alpha value is -2.98. The lowest BCUT2D eigenvalue weighted by Gasteiger charge is -2.39. The minimum absolute atomic E-state index is 0.138. The van der Waals surface area contributed by atoms with Gasteiger partial charge in [0.25, 0.3) is 0 Å². The molecule has 10 heteroatoms. The van der Waals surface area contributed by atoms with E-state index in [1.807, 2.05) is 24.3 Å². The van der Waals surface area contributed by atoms with E-state index in [2.05, 4.69) is 0 Å². The predicted molar refractivity (Wildman–Crippen MR) is 104 cm³/mol. The maximum absolute atomic E-state index is 13.6. The summed E-state index contributed by atoms with van der Waals surface area (Å²) < 4.78 is 45.9. The van der Waals surface area contributed by atoms with Gasteiger partial charge in [-0.2, -0.15) is 4.31 Å². The number of fused-ring (bicyclic) bond motifs is 1. The van der Waals surface area contributed by atoms with Crippen LogP contribution in [-0.4, -0.2) is 49.0 Å². The van der Waals surface area contributed by atoms with Gasteiger partial charge in [-0.25, -0.2) is 22.4 Å². The quantitative estimate of drug-likeness (QED) is 0.794. The molecule has 2 aromatic rings. The Labute approximate surface area is 172 Å². The molecule has 30 heavy (non-hydrogen) atoms. The number of carboxylic acids is 1. The SMILES string of the molecule is O=C(O)c1cc(S(=O)(=O)N2CCC(N3C(=O)OCc4ccccc43)CC2)ccc1F. The molecule has 8 nitrogen and oxygen atoms in total. The number of anilines is 1. The number of carboxylic acid groups (broad SMARTS) is 1. The van der Waals surface area contributed by atoms with Gasteiger partial charge in [-0.15, -0.1) is 0 Å². The Morgan fingerprint density at radius 1 is 1.13 bits per heavy atom. The number of para-hydroxylation sites is 1. The number of benzene rings is 2. The Morgan fingerprint density at radius 3 is 2.53 bits per heavy atom. The lowest BCUT2D eigenvalue weighted by molar-refractivity contribution is 0.0691. The van der Waals surface area contributed by atoms with E-state index in [0.717, 1.165) is 29.4 Å². The first-order chi connectivity index (χ1) is 14.3. The van der Waals surface area contributed by atoms with E-state index < -0.39 is 33.5 Å². The van der Waals surface area contributed by atoms with Crippen LogP contribution in [0, 0.1) is 5.82 Å². The smallest absolute Gasteiger partial charge is 0.414 e. The summed E-state index contributed by atoms with van der Waals surface area (Å²) in [5.74, 6) is -2.53. The molecule has 158 valence electrons. The second-order valence-corrected chi connectivity index (χ2v) is 9.07. The third-order valence-electron chi connectivity index (χ3n) is 5.39. The van der Waals surface area contributed by atoms with E-state index in [0.29, 0.717) is 12.8 Å². The van der Waals surface area contributed by atoms with Gasteiger partial charge in [-0.05, 0) is 37.1 Å². The van der Waals surface area contributed by atoms with E-state index in [4.69, 9.17) is 9.84 Å². The van der Waals surface area contributed by atoms with Crippen molar-refractivity contribution in [3.8, 4) is 0 Å². The first kappa shape index (κ1) is 20.3. The van der Waals surface area contributed by atoms with Crippen LogP contribution >= 0.6 is 0 Å². The van der Waals surface area contributed by atoms with E-state index in [-0.39, 0.29) is 30.6 Å². The molecule has 1 saturated heterocycles. The van der Waals surface area contributed by atoms with Crippen molar-refractivity contribution in [1.29, 1.82) is 0 Å². The highest BCUT2D eigenvalue weighted by Crippen LogP contribution is 2.33. The monoisotopic (exact) mass is 434 g/mol. The number of aromatic carboxylic acids is 1. The summed E-state index contributed by atoms with van der Waals surface area (Å²) in [5, 5.41) is 9.05. The summed E-state index contributed by atoms with van der Waals surface area (Å²) >= 11 is 0. The fourth-order valence-electron chi connectivity index (χ4n) is 3.84. The largest absolute Gasteiger partial charge is 0.478 e. The highest BCUT2D eigenvalue weighted by molar-refractivity contribution is 7.89. The topological polar surface area (TPSA) is 104 Å². The molecule has 0 bridgehead atoms. The van der Waals surface area contributed by atoms with E-state index in [1.54, 1.807) is 4.90 Å². The summed E-state index contributed by atoms with van der Waals surface area (Å²) in [6, 6.07) is 9.90. The van der Waals surface area contributed by atoms with Crippen LogP contribution in [0.3, 0.4) is 0 Å². The first-order valence-corrected chi connectivity index (χ1v) is 10.8. The number of piperidine rings is 1. The second kappa shape index (κ2) is 7.69. The molecular weight excluding hydrogens is 415 g/mol. The van der Waals surface area contributed by atoms with Gasteiger partial charge in [-0.1, -0.05) is 18.2 Å². The van der Waals surface area contributed by atoms with Gasteiger partial charge in [0.2, 0.25) is 10.0 Å². The standard InChI is InChI=1S/C20H19FN2O6S/c21-17-6-5-15(11-16(17)19(24)25)30(27,28)22-9-7-14(8-10-22)23-18-4-2-1-3-13(18)12-29-20(23)26/h1-6,11,14H,7-10,12H2,(H,24,25). The summed E-state index contributed by atoms with van der Waals surface area (Å²) in [5.41, 5.74) is 0.956. The van der Waals surface area contributed by atoms with Crippen molar-refractivity contribution in [1.82, 2.24) is 4.31 Å². The average Bonchev–Trinajstić information content (AvgIpc) is 2.74. The minimum Gasteiger partial charge on any atom is -0.478 e. The minimum atomic E-state index is -3.99. The molecule has 1 N–H and O–H groups in total. The summed E-state index contributed by atoms with van der Waals surface area (Å²) in [4.78, 5) is 24.8. The number of nitrogens with zero attached hydrogens (tertiary/aromatic N) is 2. The van der Waals surface area contributed by atoms with Gasteiger partial charge < -0.3 is 9.84 Å². The number of amides is 1. The summed E-state index contributed by atoms with van der Waals surface area (Å²) in [6.07, 6.45) is 0.310. The average molecular weight is 434 g/mol. The Morgan fingerprint density at radius 2 is 1.83 bits per heavy atom. The van der Waals surface area contributed by atoms with Crippen LogP contribution in [0.5, 0.6) is 0 Å². The van der Waals surface area contributed by atoms with Gasteiger partial charge in [0.05, 0.1) is 16.1 Å². The molecule has 2 heterocycles. The molecule has 0 atom stereocenters. The van der Waals surface area contributed by atoms with E-state index in [1.165, 1.54) is 4.31 Å². The number of cyclic esters (lactones) is 1. The van der Waals surface area contributed by atoms with E-state index in [9.17, 15) is 22.4 Å². The Bertz CT molecular complexity index is 1110. The molecule has 0 radical (unpaired) electrons. The lowest BCUT2D eigenvalue weighted by Crippen LogP contribution is -2.50. The van der Waals surface area contributed by atoms with Crippen LogP contribution in [0.2, 0.25) is 0 Å². The number of hydrogen-bond donors (Lipinski definition) is 1. The third-order valence-corrected chi connectivity index (χ3v) is 7.29. The Balaban J connectivity index is 1.53. The normalized spacial score (nSPS) is 18.0. The van der Waals surface area contributed by atoms with Crippen LogP contribution in [0.4, 0.5) is 14.9 Å². The molecule has 1 amide bonds. The molecule has 2 aliphatic rings. The van der Waals surface area contributed by atoms with Crippen LogP contribution in [-0.2, 0) is 21.4 Å². The fraction of sp³-hybridized carbons (Fsp3) is 0.300. The van der Waals surface area contributed by atoms with Crippen LogP contribution < -0.4 is 4.90 Å². The van der Waals surface area contributed by atoms with Crippen molar-refractivity contribution < 1.29 is 32.2 Å². The lowest BCUT2D eigenvalue weighted by atomic mass is 10.0. The summed E-state index contributed by atoms with van der Waals surface area (Å²) in [7, 11) is -3.99. The van der Waals surface area contributed by atoms with Gasteiger partial charge in [0.1, 0.15) is 12.4 Å². The highest BCUT2D eigenvalue weighted by atomic mass is 32.2. The number of halogens is 1. The number of ether oxygens (including phenoxy) is 1. The van der Waals surface area contributed by atoms with Gasteiger partial charge in [-0.3, -0.25) is 4.90 Å². The van der Waals surface area contributed by atoms with Gasteiger partial charge >= 0.3 is 12.1 Å². The molecular formula is C20H19FN2O6S. The maximum atomic E-state index is 13.6. The molecule has 0 saturated carbocycles. The number of carbonyl (C=O) groups excluding carboxylic acids is 1.